The van der Waals surface area contributed by atoms with Gasteiger partial charge >= 0.3 is 0 Å². The lowest BCUT2D eigenvalue weighted by Gasteiger charge is -2.61. The minimum atomic E-state index is -1.39. The van der Waals surface area contributed by atoms with E-state index in [0.29, 0.717) is 0 Å². The molecule has 0 aromatic heterocycles. The molecule has 0 radical (unpaired) electrons. The lowest BCUT2D eigenvalue weighted by atomic mass is 9.84. The Morgan fingerprint density at radius 3 is 1.45 bits per heavy atom. The van der Waals surface area contributed by atoms with E-state index in [-0.39, 0.29) is 16.8 Å². The topological polar surface area (TPSA) is 20.3 Å². The molecule has 1 fully saturated rings. The van der Waals surface area contributed by atoms with Crippen LogP contribution in [0.5, 0.6) is 0 Å². The van der Waals surface area contributed by atoms with Gasteiger partial charge in [-0.05, 0) is 37.5 Å². The molecule has 2 unspecified atom stereocenters. The zero-order valence-corrected chi connectivity index (χ0v) is 23.5. The molecule has 172 valence electrons. The maximum atomic E-state index is 13.6. The Morgan fingerprint density at radius 1 is 0.788 bits per heavy atom. The summed E-state index contributed by atoms with van der Waals surface area (Å²) in [7, 11) is -1.39. The summed E-state index contributed by atoms with van der Waals surface area (Å²) in [4.78, 5) is 15.7. The Labute approximate surface area is 212 Å². The van der Waals surface area contributed by atoms with Crippen LogP contribution in [0, 0.1) is 0 Å². The lowest BCUT2D eigenvalue weighted by Crippen LogP contribution is -2.78. The van der Waals surface area contributed by atoms with Gasteiger partial charge in [-0.15, -0.1) is 11.8 Å². The van der Waals surface area contributed by atoms with Crippen LogP contribution >= 0.6 is 27.7 Å². The Hall–Kier alpha value is -1.82. The van der Waals surface area contributed by atoms with Gasteiger partial charge in [-0.1, -0.05) is 120 Å². The zero-order chi connectivity index (χ0) is 23.9. The molecule has 1 amide bonds. The van der Waals surface area contributed by atoms with E-state index in [9.17, 15) is 4.79 Å². The molecule has 3 aromatic carbocycles. The van der Waals surface area contributed by atoms with Gasteiger partial charge < -0.3 is 4.90 Å². The second-order valence-electron chi connectivity index (χ2n) is 10.0. The third-order valence-electron chi connectivity index (χ3n) is 6.53. The number of hydrogen-bond acceptors (Lipinski definition) is 2. The van der Waals surface area contributed by atoms with Gasteiger partial charge in [-0.25, -0.2) is 0 Å². The number of carbonyl (C=O) groups is 1. The summed E-state index contributed by atoms with van der Waals surface area (Å²) in [5, 5.41) is 0.0114. The molecule has 0 spiro atoms. The van der Waals surface area contributed by atoms with Crippen molar-refractivity contribution in [3.8, 4) is 0 Å². The number of rotatable bonds is 6. The van der Waals surface area contributed by atoms with E-state index in [2.05, 4.69) is 146 Å². The van der Waals surface area contributed by atoms with Crippen molar-refractivity contribution in [2.75, 3.05) is 0 Å². The number of amides is 1. The highest BCUT2D eigenvalue weighted by Gasteiger charge is 2.65. The fourth-order valence-corrected chi connectivity index (χ4v) is 9.73. The molecule has 2 nitrogen and oxygen atoms in total. The van der Waals surface area contributed by atoms with Crippen LogP contribution in [0.25, 0.3) is 0 Å². The number of hydrogen-bond donors (Lipinski definition) is 0. The summed E-state index contributed by atoms with van der Waals surface area (Å²) in [6.45, 7) is 11.0. The van der Waals surface area contributed by atoms with Crippen LogP contribution in [0.4, 0.5) is 0 Å². The standard InChI is InChI=1S/C28H32BrNOSSi/c1-26(2,3)30-24(31)28(29,33(4)5)25(30)32-27(21-15-9-6-10-16-21,22-17-11-7-12-18-22)23-19-13-8-14-20-23/h6-20,25,33H,1-5H3. The first kappa shape index (κ1) is 24.3. The number of alkyl halides is 1. The van der Waals surface area contributed by atoms with Gasteiger partial charge in [-0.3, -0.25) is 4.79 Å². The second kappa shape index (κ2) is 9.08. The largest absolute Gasteiger partial charge is 0.323 e. The molecule has 1 aliphatic rings. The minimum Gasteiger partial charge on any atom is -0.323 e. The first-order valence-corrected chi connectivity index (χ1v) is 16.1. The first-order chi connectivity index (χ1) is 15.6. The minimum absolute atomic E-state index is 0.0114. The predicted octanol–water partition coefficient (Wildman–Crippen LogP) is 6.84. The molecule has 0 bridgehead atoms. The normalized spacial score (nSPS) is 21.2. The maximum absolute atomic E-state index is 13.6. The van der Waals surface area contributed by atoms with Gasteiger partial charge in [-0.2, -0.15) is 0 Å². The number of carbonyl (C=O) groups excluding carboxylic acids is 1. The SMILES string of the molecule is C[SiH](C)C1(Br)C(=O)N(C(C)(C)C)C1SC(c1ccccc1)(c1ccccc1)c1ccccc1. The van der Waals surface area contributed by atoms with Crippen LogP contribution < -0.4 is 0 Å². The van der Waals surface area contributed by atoms with Gasteiger partial charge in [0.25, 0.3) is 0 Å². The van der Waals surface area contributed by atoms with Crippen molar-refractivity contribution < 1.29 is 4.79 Å². The highest BCUT2D eigenvalue weighted by atomic mass is 79.9. The molecule has 2 atom stereocenters. The second-order valence-corrected chi connectivity index (χ2v) is 16.7. The van der Waals surface area contributed by atoms with E-state index in [1.165, 1.54) is 16.7 Å². The molecule has 1 saturated heterocycles. The number of thioether (sulfide) groups is 1. The number of β-lactam (4-membered cyclic amide) rings is 1. The molecule has 5 heteroatoms. The van der Waals surface area contributed by atoms with Crippen LogP contribution in [0.2, 0.25) is 13.1 Å². The van der Waals surface area contributed by atoms with Gasteiger partial charge in [0, 0.05) is 5.54 Å². The third-order valence-corrected chi connectivity index (χ3v) is 14.7. The summed E-state index contributed by atoms with van der Waals surface area (Å²) in [5.41, 5.74) is 3.41. The van der Waals surface area contributed by atoms with Crippen molar-refractivity contribution in [1.82, 2.24) is 4.90 Å². The smallest absolute Gasteiger partial charge is 0.240 e. The van der Waals surface area contributed by atoms with Gasteiger partial charge in [0.05, 0.1) is 13.5 Å². The average molecular weight is 539 g/mol. The van der Waals surface area contributed by atoms with E-state index >= 15 is 0 Å². The van der Waals surface area contributed by atoms with E-state index in [0.717, 1.165) is 0 Å². The van der Waals surface area contributed by atoms with Crippen molar-refractivity contribution in [2.45, 2.75) is 53.5 Å². The van der Waals surface area contributed by atoms with Crippen LogP contribution in [-0.4, -0.2) is 34.5 Å². The Balaban J connectivity index is 1.98. The zero-order valence-electron chi connectivity index (χ0n) is 20.0. The molecule has 0 N–H and O–H groups in total. The highest BCUT2D eigenvalue weighted by Crippen LogP contribution is 2.59. The molecular formula is C28H32BrNOSSi. The van der Waals surface area contributed by atoms with E-state index in [1.807, 2.05) is 11.8 Å². The van der Waals surface area contributed by atoms with Gasteiger partial charge in [0.2, 0.25) is 5.91 Å². The van der Waals surface area contributed by atoms with E-state index < -0.39 is 17.5 Å². The fraction of sp³-hybridized carbons (Fsp3) is 0.321. The molecule has 1 heterocycles. The van der Waals surface area contributed by atoms with Crippen molar-refractivity contribution in [2.24, 2.45) is 0 Å². The monoisotopic (exact) mass is 537 g/mol. The number of nitrogens with zero attached hydrogens (tertiary/aromatic N) is 1. The predicted molar refractivity (Wildman–Crippen MR) is 148 cm³/mol. The van der Waals surface area contributed by atoms with Crippen LogP contribution in [0.3, 0.4) is 0 Å². The summed E-state index contributed by atoms with van der Waals surface area (Å²) >= 11 is 5.92. The molecular weight excluding hydrogens is 506 g/mol. The Bertz CT molecular complexity index is 1000. The Morgan fingerprint density at radius 2 is 1.15 bits per heavy atom. The van der Waals surface area contributed by atoms with Crippen LogP contribution in [0.15, 0.2) is 91.0 Å². The number of halogens is 1. The third kappa shape index (κ3) is 4.02. The summed E-state index contributed by atoms with van der Waals surface area (Å²) in [5.74, 6) is 0.234. The molecule has 33 heavy (non-hydrogen) atoms. The van der Waals surface area contributed by atoms with E-state index in [1.54, 1.807) is 0 Å². The molecule has 3 aromatic rings. The first-order valence-electron chi connectivity index (χ1n) is 11.5. The van der Waals surface area contributed by atoms with Crippen molar-refractivity contribution >= 4 is 42.4 Å². The van der Waals surface area contributed by atoms with Gasteiger partial charge in [0.1, 0.15) is 9.32 Å². The fourth-order valence-electron chi connectivity index (χ4n) is 4.74. The van der Waals surface area contributed by atoms with E-state index in [4.69, 9.17) is 0 Å². The molecule has 4 rings (SSSR count). The summed E-state index contributed by atoms with van der Waals surface area (Å²) in [6.07, 6.45) is 0. The van der Waals surface area contributed by atoms with Crippen LogP contribution in [-0.2, 0) is 9.54 Å². The number of likely N-dealkylation sites (tertiary alicyclic amines) is 1. The van der Waals surface area contributed by atoms with Crippen LogP contribution in [0.1, 0.15) is 37.5 Å². The van der Waals surface area contributed by atoms with Gasteiger partial charge in [0.15, 0.2) is 0 Å². The Kier molecular flexibility index (Phi) is 6.69. The van der Waals surface area contributed by atoms with Crippen molar-refractivity contribution in [3.63, 3.8) is 0 Å². The molecule has 0 aliphatic carbocycles. The summed E-state index contributed by atoms with van der Waals surface area (Å²) < 4.78 is -0.935. The quantitative estimate of drug-likeness (QED) is 0.148. The summed E-state index contributed by atoms with van der Waals surface area (Å²) in [6, 6.07) is 32.2. The molecule has 0 saturated carbocycles. The average Bonchev–Trinajstić information content (AvgIpc) is 2.81. The number of benzene rings is 3. The highest BCUT2D eigenvalue weighted by molar-refractivity contribution is 9.11. The van der Waals surface area contributed by atoms with Crippen molar-refractivity contribution in [3.05, 3.63) is 108 Å². The lowest BCUT2D eigenvalue weighted by molar-refractivity contribution is -0.149. The van der Waals surface area contributed by atoms with Crippen molar-refractivity contribution in [1.29, 1.82) is 0 Å². The maximum Gasteiger partial charge on any atom is 0.240 e. The molecule has 1 aliphatic heterocycles.